The van der Waals surface area contributed by atoms with Crippen LogP contribution < -0.4 is 0 Å². The molecular weight excluding hydrogens is 270 g/mol. The molecule has 0 aliphatic heterocycles. The first-order valence-corrected chi connectivity index (χ1v) is 7.19. The van der Waals surface area contributed by atoms with Gasteiger partial charge in [0.15, 0.2) is 5.78 Å². The van der Waals surface area contributed by atoms with Gasteiger partial charge < -0.3 is 0 Å². The summed E-state index contributed by atoms with van der Waals surface area (Å²) in [5, 5.41) is 0. The SMILES string of the molecule is O=C(c1cc(F)ccc1F)C1(c2ccccc2)CCCC1. The molecule has 1 aliphatic rings. The maximum absolute atomic E-state index is 14.0. The summed E-state index contributed by atoms with van der Waals surface area (Å²) in [6, 6.07) is 12.5. The Morgan fingerprint density at radius 3 is 2.29 bits per heavy atom. The highest BCUT2D eigenvalue weighted by Crippen LogP contribution is 2.43. The number of benzene rings is 2. The van der Waals surface area contributed by atoms with Gasteiger partial charge in [-0.2, -0.15) is 0 Å². The van der Waals surface area contributed by atoms with Crippen LogP contribution in [-0.4, -0.2) is 5.78 Å². The minimum absolute atomic E-state index is 0.138. The van der Waals surface area contributed by atoms with E-state index in [1.807, 2.05) is 30.3 Å². The zero-order valence-electron chi connectivity index (χ0n) is 11.6. The predicted octanol–water partition coefficient (Wildman–Crippen LogP) is 4.66. The van der Waals surface area contributed by atoms with Crippen molar-refractivity contribution in [1.29, 1.82) is 0 Å². The first-order chi connectivity index (χ1) is 10.1. The van der Waals surface area contributed by atoms with Gasteiger partial charge in [0.05, 0.1) is 11.0 Å². The lowest BCUT2D eigenvalue weighted by atomic mass is 9.73. The van der Waals surface area contributed by atoms with E-state index in [-0.39, 0.29) is 11.3 Å². The lowest BCUT2D eigenvalue weighted by molar-refractivity contribution is 0.0881. The number of carbonyl (C=O) groups is 1. The Morgan fingerprint density at radius 2 is 1.62 bits per heavy atom. The molecule has 2 aromatic rings. The maximum atomic E-state index is 14.0. The summed E-state index contributed by atoms with van der Waals surface area (Å²) in [5.74, 6) is -1.53. The van der Waals surface area contributed by atoms with Crippen LogP contribution in [-0.2, 0) is 5.41 Å². The molecule has 2 aromatic carbocycles. The van der Waals surface area contributed by atoms with Crippen LogP contribution >= 0.6 is 0 Å². The second kappa shape index (κ2) is 5.40. The predicted molar refractivity (Wildman–Crippen MR) is 77.3 cm³/mol. The van der Waals surface area contributed by atoms with Crippen molar-refractivity contribution in [3.05, 3.63) is 71.3 Å². The Hall–Kier alpha value is -2.03. The second-order valence-corrected chi connectivity index (χ2v) is 5.61. The van der Waals surface area contributed by atoms with Gasteiger partial charge in [0.2, 0.25) is 0 Å². The minimum Gasteiger partial charge on any atom is -0.293 e. The smallest absolute Gasteiger partial charge is 0.176 e. The van der Waals surface area contributed by atoms with Crippen molar-refractivity contribution < 1.29 is 13.6 Å². The molecule has 3 rings (SSSR count). The molecular formula is C18H16F2O. The molecule has 21 heavy (non-hydrogen) atoms. The third-order valence-corrected chi connectivity index (χ3v) is 4.39. The van der Waals surface area contributed by atoms with Crippen LogP contribution in [0.25, 0.3) is 0 Å². The van der Waals surface area contributed by atoms with Gasteiger partial charge in [-0.15, -0.1) is 0 Å². The Morgan fingerprint density at radius 1 is 0.952 bits per heavy atom. The van der Waals surface area contributed by atoms with Gasteiger partial charge in [-0.1, -0.05) is 43.2 Å². The molecule has 108 valence electrons. The number of hydrogen-bond donors (Lipinski definition) is 0. The summed E-state index contributed by atoms with van der Waals surface area (Å²) >= 11 is 0. The zero-order chi connectivity index (χ0) is 14.9. The number of ketones is 1. The van der Waals surface area contributed by atoms with Crippen molar-refractivity contribution in [2.45, 2.75) is 31.1 Å². The van der Waals surface area contributed by atoms with Gasteiger partial charge in [0, 0.05) is 0 Å². The van der Waals surface area contributed by atoms with Crippen molar-refractivity contribution in [2.75, 3.05) is 0 Å². The number of Topliss-reactive ketones (excluding diaryl/α,β-unsaturated/α-hetero) is 1. The van der Waals surface area contributed by atoms with E-state index in [9.17, 15) is 13.6 Å². The Balaban J connectivity index is 2.10. The van der Waals surface area contributed by atoms with Crippen molar-refractivity contribution in [3.8, 4) is 0 Å². The van der Waals surface area contributed by atoms with E-state index in [4.69, 9.17) is 0 Å². The average Bonchev–Trinajstić information content (AvgIpc) is 3.01. The van der Waals surface area contributed by atoms with Crippen LogP contribution in [0.5, 0.6) is 0 Å². The molecule has 0 bridgehead atoms. The molecule has 0 N–H and O–H groups in total. The van der Waals surface area contributed by atoms with E-state index in [1.165, 1.54) is 0 Å². The first-order valence-electron chi connectivity index (χ1n) is 7.19. The maximum Gasteiger partial charge on any atom is 0.176 e. The molecule has 1 nitrogen and oxygen atoms in total. The highest BCUT2D eigenvalue weighted by molar-refractivity contribution is 6.04. The van der Waals surface area contributed by atoms with Crippen LogP contribution in [0, 0.1) is 11.6 Å². The lowest BCUT2D eigenvalue weighted by Crippen LogP contribution is -2.33. The Kier molecular flexibility index (Phi) is 3.58. The summed E-state index contributed by atoms with van der Waals surface area (Å²) < 4.78 is 27.4. The second-order valence-electron chi connectivity index (χ2n) is 5.61. The van der Waals surface area contributed by atoms with Gasteiger partial charge in [-0.25, -0.2) is 8.78 Å². The van der Waals surface area contributed by atoms with E-state index >= 15 is 0 Å². The van der Waals surface area contributed by atoms with Gasteiger partial charge in [-0.3, -0.25) is 4.79 Å². The van der Waals surface area contributed by atoms with Gasteiger partial charge in [0.1, 0.15) is 11.6 Å². The standard InChI is InChI=1S/C18H16F2O/c19-14-8-9-16(20)15(12-14)17(21)18(10-4-5-11-18)13-6-2-1-3-7-13/h1-3,6-9,12H,4-5,10-11H2. The summed E-state index contributed by atoms with van der Waals surface area (Å²) in [7, 11) is 0. The lowest BCUT2D eigenvalue weighted by Gasteiger charge is -2.28. The summed E-state index contributed by atoms with van der Waals surface area (Å²) in [4.78, 5) is 12.9. The van der Waals surface area contributed by atoms with Crippen LogP contribution in [0.3, 0.4) is 0 Å². The fraction of sp³-hybridized carbons (Fsp3) is 0.278. The topological polar surface area (TPSA) is 17.1 Å². The van der Waals surface area contributed by atoms with E-state index in [1.54, 1.807) is 0 Å². The van der Waals surface area contributed by atoms with Crippen molar-refractivity contribution in [1.82, 2.24) is 0 Å². The zero-order valence-corrected chi connectivity index (χ0v) is 11.6. The molecule has 1 aliphatic carbocycles. The molecule has 0 atom stereocenters. The molecule has 0 unspecified atom stereocenters. The van der Waals surface area contributed by atoms with E-state index in [2.05, 4.69) is 0 Å². The molecule has 0 heterocycles. The molecule has 1 fully saturated rings. The third-order valence-electron chi connectivity index (χ3n) is 4.39. The molecule has 0 spiro atoms. The van der Waals surface area contributed by atoms with Crippen molar-refractivity contribution in [2.24, 2.45) is 0 Å². The number of halogens is 2. The molecule has 1 saturated carbocycles. The number of rotatable bonds is 3. The third kappa shape index (κ3) is 2.37. The van der Waals surface area contributed by atoms with Crippen LogP contribution in [0.15, 0.2) is 48.5 Å². The first kappa shape index (κ1) is 13.9. The largest absolute Gasteiger partial charge is 0.293 e. The normalized spacial score (nSPS) is 16.9. The number of carbonyl (C=O) groups excluding carboxylic acids is 1. The molecule has 0 aromatic heterocycles. The summed E-state index contributed by atoms with van der Waals surface area (Å²) in [6.45, 7) is 0. The van der Waals surface area contributed by atoms with Crippen LogP contribution in [0.1, 0.15) is 41.6 Å². The van der Waals surface area contributed by atoms with E-state index in [0.29, 0.717) is 12.8 Å². The van der Waals surface area contributed by atoms with Gasteiger partial charge in [-0.05, 0) is 36.6 Å². The summed E-state index contributed by atoms with van der Waals surface area (Å²) in [5.41, 5.74) is 0.0486. The fourth-order valence-corrected chi connectivity index (χ4v) is 3.31. The van der Waals surface area contributed by atoms with E-state index in [0.717, 1.165) is 36.6 Å². The number of hydrogen-bond acceptors (Lipinski definition) is 1. The monoisotopic (exact) mass is 286 g/mol. The van der Waals surface area contributed by atoms with Crippen molar-refractivity contribution >= 4 is 5.78 Å². The molecule has 3 heteroatoms. The summed E-state index contributed by atoms with van der Waals surface area (Å²) in [6.07, 6.45) is 3.23. The van der Waals surface area contributed by atoms with Crippen molar-refractivity contribution in [3.63, 3.8) is 0 Å². The highest BCUT2D eigenvalue weighted by atomic mass is 19.1. The van der Waals surface area contributed by atoms with Crippen LogP contribution in [0.2, 0.25) is 0 Å². The van der Waals surface area contributed by atoms with E-state index < -0.39 is 17.0 Å². The van der Waals surface area contributed by atoms with Gasteiger partial charge in [0.25, 0.3) is 0 Å². The average molecular weight is 286 g/mol. The fourth-order valence-electron chi connectivity index (χ4n) is 3.31. The van der Waals surface area contributed by atoms with Crippen LogP contribution in [0.4, 0.5) is 8.78 Å². The minimum atomic E-state index is -0.712. The Labute approximate surface area is 122 Å². The Bertz CT molecular complexity index is 658. The molecule has 0 amide bonds. The highest BCUT2D eigenvalue weighted by Gasteiger charge is 2.43. The quantitative estimate of drug-likeness (QED) is 0.750. The van der Waals surface area contributed by atoms with Gasteiger partial charge >= 0.3 is 0 Å². The molecule has 0 saturated heterocycles. The molecule has 0 radical (unpaired) electrons.